The van der Waals surface area contributed by atoms with E-state index in [1.807, 2.05) is 0 Å². The smallest absolute Gasteiger partial charge is 0.348 e. The number of hydrogen-bond acceptors (Lipinski definition) is 4. The Bertz CT molecular complexity index is 469. The first-order valence-electron chi connectivity index (χ1n) is 6.61. The van der Waals surface area contributed by atoms with Crippen LogP contribution < -0.4 is 5.32 Å². The number of methoxy groups -OCH3 is 1. The normalized spacial score (nSPS) is 22.8. The third-order valence-electron chi connectivity index (χ3n) is 3.64. The van der Waals surface area contributed by atoms with Crippen LogP contribution in [0.15, 0.2) is 12.1 Å². The molecule has 1 aliphatic carbocycles. The van der Waals surface area contributed by atoms with E-state index in [1.165, 1.54) is 37.7 Å². The number of amides is 1. The van der Waals surface area contributed by atoms with Gasteiger partial charge < -0.3 is 10.1 Å². The molecule has 2 atom stereocenters. The van der Waals surface area contributed by atoms with Crippen LogP contribution in [0.3, 0.4) is 0 Å². The van der Waals surface area contributed by atoms with Crippen LogP contribution in [0, 0.1) is 5.92 Å². The maximum absolute atomic E-state index is 12.1. The van der Waals surface area contributed by atoms with Crippen LogP contribution in [0.5, 0.6) is 0 Å². The van der Waals surface area contributed by atoms with Crippen molar-refractivity contribution in [1.82, 2.24) is 5.32 Å². The summed E-state index contributed by atoms with van der Waals surface area (Å²) in [7, 11) is 1.34. The van der Waals surface area contributed by atoms with Crippen LogP contribution >= 0.6 is 11.3 Å². The van der Waals surface area contributed by atoms with E-state index in [2.05, 4.69) is 17.0 Å². The van der Waals surface area contributed by atoms with Crippen molar-refractivity contribution in [1.29, 1.82) is 0 Å². The topological polar surface area (TPSA) is 55.4 Å². The number of esters is 1. The fourth-order valence-corrected chi connectivity index (χ4v) is 3.27. The summed E-state index contributed by atoms with van der Waals surface area (Å²) in [6.07, 6.45) is 4.64. The van der Waals surface area contributed by atoms with Crippen molar-refractivity contribution in [3.63, 3.8) is 0 Å². The van der Waals surface area contributed by atoms with Crippen LogP contribution in [-0.2, 0) is 4.74 Å². The monoisotopic (exact) mass is 281 g/mol. The highest BCUT2D eigenvalue weighted by atomic mass is 32.1. The van der Waals surface area contributed by atoms with E-state index in [0.717, 1.165) is 6.42 Å². The minimum atomic E-state index is -0.393. The molecule has 2 rings (SSSR count). The van der Waals surface area contributed by atoms with Gasteiger partial charge in [0.1, 0.15) is 4.88 Å². The Hall–Kier alpha value is -1.36. The molecule has 2 unspecified atom stereocenters. The van der Waals surface area contributed by atoms with Crippen LogP contribution in [0.1, 0.15) is 52.0 Å². The molecule has 5 heteroatoms. The predicted molar refractivity (Wildman–Crippen MR) is 74.5 cm³/mol. The summed E-state index contributed by atoms with van der Waals surface area (Å²) in [6.45, 7) is 2.18. The quantitative estimate of drug-likeness (QED) is 0.867. The maximum atomic E-state index is 12.1. The second-order valence-electron chi connectivity index (χ2n) is 5.00. The predicted octanol–water partition coefficient (Wildman–Crippen LogP) is 2.84. The molecule has 1 fully saturated rings. The first-order chi connectivity index (χ1) is 9.11. The average Bonchev–Trinajstić information content (AvgIpc) is 2.90. The Kier molecular flexibility index (Phi) is 4.58. The van der Waals surface area contributed by atoms with Gasteiger partial charge in [-0.3, -0.25) is 4.79 Å². The molecule has 0 spiro atoms. The van der Waals surface area contributed by atoms with Gasteiger partial charge in [-0.15, -0.1) is 11.3 Å². The van der Waals surface area contributed by atoms with Crippen molar-refractivity contribution in [2.24, 2.45) is 5.92 Å². The number of rotatable bonds is 3. The lowest BCUT2D eigenvalue weighted by Crippen LogP contribution is -2.40. The molecule has 19 heavy (non-hydrogen) atoms. The molecule has 1 amide bonds. The Morgan fingerprint density at radius 3 is 2.63 bits per heavy atom. The molecule has 0 radical (unpaired) electrons. The van der Waals surface area contributed by atoms with E-state index in [0.29, 0.717) is 15.7 Å². The zero-order chi connectivity index (χ0) is 13.8. The highest BCUT2D eigenvalue weighted by Crippen LogP contribution is 2.25. The standard InChI is InChI=1S/C14H19NO3S/c1-9-5-3-4-6-10(9)15-13(16)11-7-8-12(19-11)14(17)18-2/h7-10H,3-6H2,1-2H3,(H,15,16). The van der Waals surface area contributed by atoms with Crippen LogP contribution in [0.2, 0.25) is 0 Å². The van der Waals surface area contributed by atoms with E-state index in [4.69, 9.17) is 0 Å². The van der Waals surface area contributed by atoms with Crippen molar-refractivity contribution < 1.29 is 14.3 Å². The summed E-state index contributed by atoms with van der Waals surface area (Å²) in [5.41, 5.74) is 0. The largest absolute Gasteiger partial charge is 0.465 e. The third kappa shape index (κ3) is 3.35. The molecular formula is C14H19NO3S. The second kappa shape index (κ2) is 6.19. The van der Waals surface area contributed by atoms with Gasteiger partial charge in [-0.05, 0) is 30.9 Å². The Labute approximate surface area is 117 Å². The van der Waals surface area contributed by atoms with Gasteiger partial charge in [-0.1, -0.05) is 19.8 Å². The molecule has 0 aromatic carbocycles. The van der Waals surface area contributed by atoms with E-state index >= 15 is 0 Å². The van der Waals surface area contributed by atoms with Gasteiger partial charge in [0.25, 0.3) is 5.91 Å². The van der Waals surface area contributed by atoms with Gasteiger partial charge in [0, 0.05) is 6.04 Å². The zero-order valence-corrected chi connectivity index (χ0v) is 12.1. The number of thiophene rings is 1. The molecule has 4 nitrogen and oxygen atoms in total. The van der Waals surface area contributed by atoms with Crippen LogP contribution in [-0.4, -0.2) is 25.0 Å². The molecule has 1 aliphatic rings. The summed E-state index contributed by atoms with van der Waals surface area (Å²) >= 11 is 1.18. The van der Waals surface area contributed by atoms with Gasteiger partial charge in [0.15, 0.2) is 0 Å². The summed E-state index contributed by atoms with van der Waals surface area (Å²) in [5.74, 6) is 0.0479. The van der Waals surface area contributed by atoms with Crippen molar-refractivity contribution in [3.05, 3.63) is 21.9 Å². The molecule has 0 aliphatic heterocycles. The number of carbonyl (C=O) groups excluding carboxylic acids is 2. The fourth-order valence-electron chi connectivity index (χ4n) is 2.44. The van der Waals surface area contributed by atoms with Gasteiger partial charge in [0.2, 0.25) is 0 Å². The zero-order valence-electron chi connectivity index (χ0n) is 11.3. The molecule has 1 aromatic heterocycles. The number of nitrogens with one attached hydrogen (secondary N) is 1. The van der Waals surface area contributed by atoms with Crippen LogP contribution in [0.4, 0.5) is 0 Å². The summed E-state index contributed by atoms with van der Waals surface area (Å²) in [4.78, 5) is 24.5. The third-order valence-corrected chi connectivity index (χ3v) is 4.71. The van der Waals surface area contributed by atoms with Crippen molar-refractivity contribution in [2.75, 3.05) is 7.11 Å². The Morgan fingerprint density at radius 1 is 1.26 bits per heavy atom. The molecular weight excluding hydrogens is 262 g/mol. The van der Waals surface area contributed by atoms with Gasteiger partial charge in [-0.2, -0.15) is 0 Å². The number of hydrogen-bond donors (Lipinski definition) is 1. The maximum Gasteiger partial charge on any atom is 0.348 e. The molecule has 1 N–H and O–H groups in total. The first-order valence-corrected chi connectivity index (χ1v) is 7.42. The minimum Gasteiger partial charge on any atom is -0.465 e. The Morgan fingerprint density at radius 2 is 1.95 bits per heavy atom. The highest BCUT2D eigenvalue weighted by molar-refractivity contribution is 7.15. The Balaban J connectivity index is 1.99. The SMILES string of the molecule is COC(=O)c1ccc(C(=O)NC2CCCCC2C)s1. The lowest BCUT2D eigenvalue weighted by atomic mass is 9.86. The molecule has 0 bridgehead atoms. The molecule has 1 heterocycles. The van der Waals surface area contributed by atoms with Crippen molar-refractivity contribution in [3.8, 4) is 0 Å². The summed E-state index contributed by atoms with van der Waals surface area (Å²) in [5, 5.41) is 3.07. The molecule has 1 aromatic rings. The lowest BCUT2D eigenvalue weighted by molar-refractivity contribution is 0.0606. The van der Waals surface area contributed by atoms with Gasteiger partial charge in [0.05, 0.1) is 12.0 Å². The van der Waals surface area contributed by atoms with E-state index < -0.39 is 5.97 Å². The van der Waals surface area contributed by atoms with E-state index in [-0.39, 0.29) is 11.9 Å². The van der Waals surface area contributed by atoms with E-state index in [1.54, 1.807) is 12.1 Å². The number of carbonyl (C=O) groups is 2. The van der Waals surface area contributed by atoms with Gasteiger partial charge >= 0.3 is 5.97 Å². The highest BCUT2D eigenvalue weighted by Gasteiger charge is 2.24. The van der Waals surface area contributed by atoms with Crippen molar-refractivity contribution in [2.45, 2.75) is 38.6 Å². The average molecular weight is 281 g/mol. The van der Waals surface area contributed by atoms with Crippen molar-refractivity contribution >= 4 is 23.2 Å². The summed E-state index contributed by atoms with van der Waals surface area (Å²) in [6, 6.07) is 3.57. The molecule has 104 valence electrons. The van der Waals surface area contributed by atoms with Gasteiger partial charge in [-0.25, -0.2) is 4.79 Å². The molecule has 0 saturated heterocycles. The van der Waals surface area contributed by atoms with Crippen LogP contribution in [0.25, 0.3) is 0 Å². The number of ether oxygens (including phenoxy) is 1. The fraction of sp³-hybridized carbons (Fsp3) is 0.571. The van der Waals surface area contributed by atoms with E-state index in [9.17, 15) is 9.59 Å². The minimum absolute atomic E-state index is 0.0843. The summed E-state index contributed by atoms with van der Waals surface area (Å²) < 4.78 is 4.64. The molecule has 1 saturated carbocycles. The lowest BCUT2D eigenvalue weighted by Gasteiger charge is -2.29. The first kappa shape index (κ1) is 14.1. The second-order valence-corrected chi connectivity index (χ2v) is 6.08.